The van der Waals surface area contributed by atoms with Gasteiger partial charge in [0.05, 0.1) is 24.7 Å². The highest BCUT2D eigenvalue weighted by atomic mass is 16.5. The van der Waals surface area contributed by atoms with Crippen molar-refractivity contribution < 1.29 is 9.84 Å². The van der Waals surface area contributed by atoms with Crippen LogP contribution in [-0.2, 0) is 11.3 Å². The largest absolute Gasteiger partial charge is 0.392 e. The molecule has 0 saturated carbocycles. The van der Waals surface area contributed by atoms with Crippen molar-refractivity contribution in [1.82, 2.24) is 0 Å². The lowest BCUT2D eigenvalue weighted by Gasteiger charge is -2.12. The van der Waals surface area contributed by atoms with Gasteiger partial charge in [-0.25, -0.2) is 0 Å². The summed E-state index contributed by atoms with van der Waals surface area (Å²) < 4.78 is 5.42. The fourth-order valence-corrected chi connectivity index (χ4v) is 1.30. The van der Waals surface area contributed by atoms with Crippen LogP contribution in [0.1, 0.15) is 32.8 Å². The van der Waals surface area contributed by atoms with Crippen LogP contribution in [0.25, 0.3) is 0 Å². The van der Waals surface area contributed by atoms with E-state index in [1.165, 1.54) is 0 Å². The van der Waals surface area contributed by atoms with Crippen molar-refractivity contribution in [3.8, 4) is 6.07 Å². The SMILES string of the molecule is CC.CC(C#N)C(O)CCOCc1ccccc1. The lowest BCUT2D eigenvalue weighted by molar-refractivity contribution is 0.0602. The summed E-state index contributed by atoms with van der Waals surface area (Å²) in [6.45, 7) is 6.73. The summed E-state index contributed by atoms with van der Waals surface area (Å²) in [5.41, 5.74) is 1.12. The van der Waals surface area contributed by atoms with Gasteiger partial charge in [0.15, 0.2) is 0 Å². The molecule has 3 heteroatoms. The minimum absolute atomic E-state index is 0.333. The van der Waals surface area contributed by atoms with Gasteiger partial charge >= 0.3 is 0 Å². The molecule has 18 heavy (non-hydrogen) atoms. The average Bonchev–Trinajstić information content (AvgIpc) is 2.45. The Labute approximate surface area is 110 Å². The number of hydrogen-bond donors (Lipinski definition) is 1. The predicted octanol–water partition coefficient (Wildman–Crippen LogP) is 3.14. The lowest BCUT2D eigenvalue weighted by atomic mass is 10.0. The quantitative estimate of drug-likeness (QED) is 0.788. The fourth-order valence-electron chi connectivity index (χ4n) is 1.30. The monoisotopic (exact) mass is 249 g/mol. The first-order valence-electron chi connectivity index (χ1n) is 6.43. The normalized spacial score (nSPS) is 12.8. The standard InChI is InChI=1S/C13H17NO2.C2H6/c1-11(9-14)13(15)7-8-16-10-12-5-3-2-4-6-12;1-2/h2-6,11,13,15H,7-8,10H2,1H3;1-2H3. The number of aliphatic hydroxyl groups is 1. The molecule has 1 aromatic rings. The maximum absolute atomic E-state index is 9.51. The van der Waals surface area contributed by atoms with Crippen LogP contribution in [-0.4, -0.2) is 17.8 Å². The Bertz CT molecular complexity index is 332. The zero-order chi connectivity index (χ0) is 13.8. The van der Waals surface area contributed by atoms with E-state index in [0.717, 1.165) is 5.56 Å². The molecule has 2 atom stereocenters. The molecular formula is C15H23NO2. The topological polar surface area (TPSA) is 53.2 Å². The third kappa shape index (κ3) is 7.05. The highest BCUT2D eigenvalue weighted by Crippen LogP contribution is 2.07. The molecule has 2 unspecified atom stereocenters. The first-order valence-corrected chi connectivity index (χ1v) is 6.43. The van der Waals surface area contributed by atoms with Gasteiger partial charge in [-0.05, 0) is 18.9 Å². The van der Waals surface area contributed by atoms with Gasteiger partial charge in [0.2, 0.25) is 0 Å². The number of rotatable bonds is 6. The van der Waals surface area contributed by atoms with E-state index in [2.05, 4.69) is 0 Å². The molecule has 0 saturated heterocycles. The second-order valence-corrected chi connectivity index (χ2v) is 3.81. The number of nitrogens with zero attached hydrogens (tertiary/aromatic N) is 1. The van der Waals surface area contributed by atoms with E-state index in [9.17, 15) is 5.11 Å². The highest BCUT2D eigenvalue weighted by molar-refractivity contribution is 5.13. The maximum atomic E-state index is 9.51. The van der Waals surface area contributed by atoms with Gasteiger partial charge in [0, 0.05) is 6.61 Å². The summed E-state index contributed by atoms with van der Waals surface area (Å²) in [7, 11) is 0. The van der Waals surface area contributed by atoms with E-state index in [0.29, 0.717) is 19.6 Å². The van der Waals surface area contributed by atoms with Crippen molar-refractivity contribution in [2.75, 3.05) is 6.61 Å². The predicted molar refractivity (Wildman–Crippen MR) is 72.8 cm³/mol. The van der Waals surface area contributed by atoms with E-state index in [1.54, 1.807) is 6.92 Å². The number of aliphatic hydroxyl groups excluding tert-OH is 1. The zero-order valence-corrected chi connectivity index (χ0v) is 11.5. The summed E-state index contributed by atoms with van der Waals surface area (Å²) in [5, 5.41) is 18.1. The Morgan fingerprint density at radius 3 is 2.44 bits per heavy atom. The Morgan fingerprint density at radius 1 is 1.28 bits per heavy atom. The lowest BCUT2D eigenvalue weighted by Crippen LogP contribution is -2.18. The van der Waals surface area contributed by atoms with E-state index < -0.39 is 6.10 Å². The van der Waals surface area contributed by atoms with Gasteiger partial charge in [-0.15, -0.1) is 0 Å². The number of ether oxygens (including phenoxy) is 1. The molecule has 1 rings (SSSR count). The van der Waals surface area contributed by atoms with Crippen molar-refractivity contribution in [2.45, 2.75) is 39.9 Å². The molecule has 0 aliphatic carbocycles. The second kappa shape index (κ2) is 10.8. The molecule has 100 valence electrons. The van der Waals surface area contributed by atoms with E-state index >= 15 is 0 Å². The molecule has 0 aliphatic rings. The minimum atomic E-state index is -0.597. The summed E-state index contributed by atoms with van der Waals surface area (Å²) >= 11 is 0. The molecule has 0 heterocycles. The van der Waals surface area contributed by atoms with Crippen LogP contribution >= 0.6 is 0 Å². The van der Waals surface area contributed by atoms with Crippen LogP contribution in [0.3, 0.4) is 0 Å². The van der Waals surface area contributed by atoms with Gasteiger partial charge in [-0.1, -0.05) is 44.2 Å². The fraction of sp³-hybridized carbons (Fsp3) is 0.533. The van der Waals surface area contributed by atoms with E-state index in [-0.39, 0.29) is 5.92 Å². The molecule has 1 N–H and O–H groups in total. The van der Waals surface area contributed by atoms with Crippen molar-refractivity contribution >= 4 is 0 Å². The smallest absolute Gasteiger partial charge is 0.0717 e. The maximum Gasteiger partial charge on any atom is 0.0717 e. The molecule has 0 radical (unpaired) electrons. The van der Waals surface area contributed by atoms with E-state index in [4.69, 9.17) is 10.00 Å². The molecule has 0 fully saturated rings. The van der Waals surface area contributed by atoms with Crippen molar-refractivity contribution in [3.05, 3.63) is 35.9 Å². The first kappa shape index (κ1) is 16.6. The van der Waals surface area contributed by atoms with Crippen molar-refractivity contribution in [3.63, 3.8) is 0 Å². The van der Waals surface area contributed by atoms with Crippen LogP contribution in [0.15, 0.2) is 30.3 Å². The van der Waals surface area contributed by atoms with Crippen LogP contribution in [0.4, 0.5) is 0 Å². The van der Waals surface area contributed by atoms with Crippen LogP contribution < -0.4 is 0 Å². The third-order valence-electron chi connectivity index (χ3n) is 2.45. The van der Waals surface area contributed by atoms with E-state index in [1.807, 2.05) is 50.2 Å². The first-order chi connectivity index (χ1) is 8.74. The van der Waals surface area contributed by atoms with Crippen molar-refractivity contribution in [1.29, 1.82) is 5.26 Å². The summed E-state index contributed by atoms with van der Waals surface area (Å²) in [4.78, 5) is 0. The van der Waals surface area contributed by atoms with Crippen LogP contribution in [0.5, 0.6) is 0 Å². The van der Waals surface area contributed by atoms with Gasteiger partial charge < -0.3 is 9.84 Å². The minimum Gasteiger partial charge on any atom is -0.392 e. The molecule has 1 aromatic carbocycles. The Hall–Kier alpha value is -1.37. The number of nitriles is 1. The molecule has 0 amide bonds. The highest BCUT2D eigenvalue weighted by Gasteiger charge is 2.12. The Morgan fingerprint density at radius 2 is 1.89 bits per heavy atom. The molecule has 0 bridgehead atoms. The Kier molecular flexibility index (Phi) is 9.94. The third-order valence-corrected chi connectivity index (χ3v) is 2.45. The Balaban J connectivity index is 0.00000137. The average molecular weight is 249 g/mol. The number of benzene rings is 1. The summed E-state index contributed by atoms with van der Waals surface area (Å²) in [5.74, 6) is -0.333. The summed E-state index contributed by atoms with van der Waals surface area (Å²) in [6, 6.07) is 11.9. The van der Waals surface area contributed by atoms with Crippen molar-refractivity contribution in [2.24, 2.45) is 5.92 Å². The zero-order valence-electron chi connectivity index (χ0n) is 11.5. The van der Waals surface area contributed by atoms with Gasteiger partial charge in [-0.3, -0.25) is 0 Å². The summed E-state index contributed by atoms with van der Waals surface area (Å²) in [6.07, 6.45) is -0.0950. The number of hydrogen-bond acceptors (Lipinski definition) is 3. The molecule has 3 nitrogen and oxygen atoms in total. The van der Waals surface area contributed by atoms with Gasteiger partial charge in [0.25, 0.3) is 0 Å². The second-order valence-electron chi connectivity index (χ2n) is 3.81. The molecule has 0 aromatic heterocycles. The van der Waals surface area contributed by atoms with Gasteiger partial charge in [0.1, 0.15) is 0 Å². The molecular weight excluding hydrogens is 226 g/mol. The molecule has 0 aliphatic heterocycles. The van der Waals surface area contributed by atoms with Crippen LogP contribution in [0, 0.1) is 17.2 Å². The van der Waals surface area contributed by atoms with Gasteiger partial charge in [-0.2, -0.15) is 5.26 Å². The van der Waals surface area contributed by atoms with Crippen LogP contribution in [0.2, 0.25) is 0 Å². The molecule has 0 spiro atoms.